The van der Waals surface area contributed by atoms with Gasteiger partial charge >= 0.3 is 0 Å². The van der Waals surface area contributed by atoms with Crippen molar-refractivity contribution in [1.82, 2.24) is 9.80 Å². The molecule has 0 aromatic heterocycles. The molecule has 5 nitrogen and oxygen atoms in total. The Morgan fingerprint density at radius 2 is 1.91 bits per heavy atom. The molecule has 3 N–H and O–H groups in total. The van der Waals surface area contributed by atoms with Gasteiger partial charge in [0.1, 0.15) is 0 Å². The number of carbonyl (C=O) groups excluding carboxylic acids is 1. The Hall–Kier alpha value is -1.26. The molecule has 1 rings (SSSR count). The van der Waals surface area contributed by atoms with E-state index in [1.807, 2.05) is 0 Å². The summed E-state index contributed by atoms with van der Waals surface area (Å²) >= 11 is 0. The van der Waals surface area contributed by atoms with Crippen LogP contribution in [0.2, 0.25) is 0 Å². The van der Waals surface area contributed by atoms with Crippen LogP contribution >= 0.6 is 0 Å². The fraction of sp³-hybridized carbons (Fsp3) is 0.667. The number of hydrogen-bond acceptors (Lipinski definition) is 2. The molecule has 0 unspecified atom stereocenters. The molecular formula is C6H12N4O. The second kappa shape index (κ2) is 3.23. The first-order valence-electron chi connectivity index (χ1n) is 3.52. The lowest BCUT2D eigenvalue weighted by Gasteiger charge is -2.32. The zero-order valence-corrected chi connectivity index (χ0v) is 6.29. The highest BCUT2D eigenvalue weighted by molar-refractivity contribution is 5.74. The first kappa shape index (κ1) is 7.84. The molecule has 0 aromatic rings. The van der Waals surface area contributed by atoms with Crippen molar-refractivity contribution < 1.29 is 4.79 Å². The molecule has 1 heterocycles. The Morgan fingerprint density at radius 1 is 1.36 bits per heavy atom. The summed E-state index contributed by atoms with van der Waals surface area (Å²) in [6.07, 6.45) is 0.831. The Kier molecular flexibility index (Phi) is 2.30. The number of amides is 1. The number of carbonyl (C=O) groups is 1. The normalized spacial score (nSPS) is 18.2. The van der Waals surface area contributed by atoms with Crippen molar-refractivity contribution in [2.45, 2.75) is 0 Å². The van der Waals surface area contributed by atoms with Crippen molar-refractivity contribution in [2.24, 2.45) is 5.73 Å². The van der Waals surface area contributed by atoms with Crippen LogP contribution in [0, 0.1) is 5.41 Å². The molecule has 1 fully saturated rings. The highest BCUT2D eigenvalue weighted by Crippen LogP contribution is 1.97. The van der Waals surface area contributed by atoms with Gasteiger partial charge in [-0.25, -0.2) is 0 Å². The second-order valence-electron chi connectivity index (χ2n) is 2.51. The average Bonchev–Trinajstić information content (AvgIpc) is 2.05. The predicted octanol–water partition coefficient (Wildman–Crippen LogP) is -1.35. The molecule has 11 heavy (non-hydrogen) atoms. The SMILES string of the molecule is N=C(N)N1CCN(C=O)CC1. The van der Waals surface area contributed by atoms with Crippen molar-refractivity contribution >= 4 is 12.4 Å². The smallest absolute Gasteiger partial charge is 0.209 e. The molecular weight excluding hydrogens is 144 g/mol. The summed E-state index contributed by atoms with van der Waals surface area (Å²) < 4.78 is 0. The van der Waals surface area contributed by atoms with Gasteiger partial charge in [-0.3, -0.25) is 10.2 Å². The first-order valence-corrected chi connectivity index (χ1v) is 3.52. The molecule has 0 saturated carbocycles. The largest absolute Gasteiger partial charge is 0.370 e. The minimum atomic E-state index is 0.0931. The number of nitrogens with two attached hydrogens (primary N) is 1. The minimum absolute atomic E-state index is 0.0931. The van der Waals surface area contributed by atoms with Gasteiger partial charge in [0.2, 0.25) is 6.41 Å². The molecule has 1 amide bonds. The Balaban J connectivity index is 2.35. The van der Waals surface area contributed by atoms with Crippen LogP contribution in [0.5, 0.6) is 0 Å². The summed E-state index contributed by atoms with van der Waals surface area (Å²) in [6, 6.07) is 0. The second-order valence-corrected chi connectivity index (χ2v) is 2.51. The quantitative estimate of drug-likeness (QED) is 0.280. The van der Waals surface area contributed by atoms with Gasteiger partial charge in [0.05, 0.1) is 0 Å². The van der Waals surface area contributed by atoms with Crippen LogP contribution in [-0.4, -0.2) is 48.3 Å². The van der Waals surface area contributed by atoms with Crippen molar-refractivity contribution in [3.8, 4) is 0 Å². The van der Waals surface area contributed by atoms with E-state index in [1.54, 1.807) is 9.80 Å². The van der Waals surface area contributed by atoms with E-state index in [0.717, 1.165) is 6.41 Å². The maximum absolute atomic E-state index is 10.3. The van der Waals surface area contributed by atoms with Crippen LogP contribution in [0.1, 0.15) is 0 Å². The number of rotatable bonds is 1. The van der Waals surface area contributed by atoms with Gasteiger partial charge in [0.15, 0.2) is 5.96 Å². The Bertz CT molecular complexity index is 162. The van der Waals surface area contributed by atoms with Crippen molar-refractivity contribution in [3.05, 3.63) is 0 Å². The molecule has 1 aliphatic rings. The highest BCUT2D eigenvalue weighted by Gasteiger charge is 2.15. The lowest BCUT2D eigenvalue weighted by atomic mass is 10.3. The van der Waals surface area contributed by atoms with Crippen LogP contribution < -0.4 is 5.73 Å². The zero-order chi connectivity index (χ0) is 8.27. The third kappa shape index (κ3) is 1.83. The Morgan fingerprint density at radius 3 is 2.27 bits per heavy atom. The average molecular weight is 156 g/mol. The van der Waals surface area contributed by atoms with Gasteiger partial charge in [-0.15, -0.1) is 0 Å². The molecule has 0 bridgehead atoms. The lowest BCUT2D eigenvalue weighted by Crippen LogP contribution is -2.50. The van der Waals surface area contributed by atoms with E-state index in [1.165, 1.54) is 0 Å². The summed E-state index contributed by atoms with van der Waals surface area (Å²) in [5, 5.41) is 7.11. The molecule has 5 heteroatoms. The van der Waals surface area contributed by atoms with Crippen LogP contribution in [0.3, 0.4) is 0 Å². The zero-order valence-electron chi connectivity index (χ0n) is 6.29. The maximum Gasteiger partial charge on any atom is 0.209 e. The third-order valence-electron chi connectivity index (χ3n) is 1.80. The molecule has 1 saturated heterocycles. The van der Waals surface area contributed by atoms with E-state index in [9.17, 15) is 4.79 Å². The van der Waals surface area contributed by atoms with E-state index in [-0.39, 0.29) is 5.96 Å². The first-order chi connectivity index (χ1) is 5.24. The molecule has 0 atom stereocenters. The van der Waals surface area contributed by atoms with Gasteiger partial charge in [0, 0.05) is 26.2 Å². The van der Waals surface area contributed by atoms with Crippen molar-refractivity contribution in [3.63, 3.8) is 0 Å². The molecule has 0 spiro atoms. The lowest BCUT2D eigenvalue weighted by molar-refractivity contribution is -0.119. The van der Waals surface area contributed by atoms with E-state index in [4.69, 9.17) is 11.1 Å². The van der Waals surface area contributed by atoms with Crippen molar-refractivity contribution in [2.75, 3.05) is 26.2 Å². The van der Waals surface area contributed by atoms with E-state index >= 15 is 0 Å². The highest BCUT2D eigenvalue weighted by atomic mass is 16.1. The monoisotopic (exact) mass is 156 g/mol. The van der Waals surface area contributed by atoms with Crippen LogP contribution in [0.25, 0.3) is 0 Å². The standard InChI is InChI=1S/C6H12N4O/c7-6(8)10-3-1-9(5-11)2-4-10/h5H,1-4H2,(H3,7,8). The van der Waals surface area contributed by atoms with Crippen molar-refractivity contribution in [1.29, 1.82) is 5.41 Å². The predicted molar refractivity (Wildman–Crippen MR) is 41.1 cm³/mol. The summed E-state index contributed by atoms with van der Waals surface area (Å²) in [5.74, 6) is 0.0931. The number of hydrogen-bond donors (Lipinski definition) is 2. The molecule has 1 aliphatic heterocycles. The van der Waals surface area contributed by atoms with Crippen LogP contribution in [0.15, 0.2) is 0 Å². The number of nitrogens with zero attached hydrogens (tertiary/aromatic N) is 2. The van der Waals surface area contributed by atoms with Gasteiger partial charge in [-0.1, -0.05) is 0 Å². The maximum atomic E-state index is 10.3. The summed E-state index contributed by atoms with van der Waals surface area (Å²) in [5.41, 5.74) is 5.26. The third-order valence-corrected chi connectivity index (χ3v) is 1.80. The number of guanidine groups is 1. The molecule has 0 aliphatic carbocycles. The fourth-order valence-electron chi connectivity index (χ4n) is 1.07. The van der Waals surface area contributed by atoms with E-state index < -0.39 is 0 Å². The van der Waals surface area contributed by atoms with E-state index in [0.29, 0.717) is 26.2 Å². The van der Waals surface area contributed by atoms with Gasteiger partial charge in [-0.05, 0) is 0 Å². The van der Waals surface area contributed by atoms with Gasteiger partial charge in [0.25, 0.3) is 0 Å². The molecule has 0 radical (unpaired) electrons. The van der Waals surface area contributed by atoms with Gasteiger partial charge < -0.3 is 15.5 Å². The van der Waals surface area contributed by atoms with Crippen LogP contribution in [-0.2, 0) is 4.79 Å². The number of piperazine rings is 1. The van der Waals surface area contributed by atoms with E-state index in [2.05, 4.69) is 0 Å². The summed E-state index contributed by atoms with van der Waals surface area (Å²) in [6.45, 7) is 2.69. The minimum Gasteiger partial charge on any atom is -0.370 e. The summed E-state index contributed by atoms with van der Waals surface area (Å²) in [7, 11) is 0. The van der Waals surface area contributed by atoms with Crippen LogP contribution in [0.4, 0.5) is 0 Å². The molecule has 0 aromatic carbocycles. The fourth-order valence-corrected chi connectivity index (χ4v) is 1.07. The van der Waals surface area contributed by atoms with Gasteiger partial charge in [-0.2, -0.15) is 0 Å². The Labute approximate surface area is 65.3 Å². The topological polar surface area (TPSA) is 73.4 Å². The molecule has 62 valence electrons. The summed E-state index contributed by atoms with van der Waals surface area (Å²) in [4.78, 5) is 13.7. The number of nitrogens with one attached hydrogen (secondary N) is 1.